The Morgan fingerprint density at radius 1 is 1.35 bits per heavy atom. The Morgan fingerprint density at radius 2 is 2.04 bits per heavy atom. The minimum atomic E-state index is -0.347. The van der Waals surface area contributed by atoms with E-state index in [2.05, 4.69) is 22.0 Å². The summed E-state index contributed by atoms with van der Waals surface area (Å²) < 4.78 is 0. The number of anilines is 1. The van der Waals surface area contributed by atoms with Gasteiger partial charge in [0.25, 0.3) is 5.69 Å². The molecule has 1 aromatic carbocycles. The fourth-order valence-electron chi connectivity index (χ4n) is 3.09. The van der Waals surface area contributed by atoms with E-state index in [1.54, 1.807) is 19.2 Å². The quantitative estimate of drug-likeness (QED) is 0.585. The number of rotatable bonds is 7. The first-order valence-corrected chi connectivity index (χ1v) is 8.11. The summed E-state index contributed by atoms with van der Waals surface area (Å²) in [6.07, 6.45) is 0.953. The molecule has 2 N–H and O–H groups in total. The Labute approximate surface area is 137 Å². The minimum absolute atomic E-state index is 0.120. The topological polar surface area (TPSA) is 81.9 Å². The molecule has 0 amide bonds. The number of piperazine rings is 1. The van der Waals surface area contributed by atoms with Crippen LogP contribution in [-0.2, 0) is 6.54 Å². The van der Waals surface area contributed by atoms with Gasteiger partial charge in [0, 0.05) is 51.9 Å². The molecule has 2 rings (SSSR count). The largest absolute Gasteiger partial charge is 0.395 e. The van der Waals surface area contributed by atoms with Crippen molar-refractivity contribution in [3.63, 3.8) is 0 Å². The van der Waals surface area contributed by atoms with Crippen LogP contribution >= 0.6 is 0 Å². The number of nitro benzene ring substituents is 1. The predicted molar refractivity (Wildman–Crippen MR) is 90.7 cm³/mol. The van der Waals surface area contributed by atoms with Crippen molar-refractivity contribution >= 4 is 11.4 Å². The molecule has 7 nitrogen and oxygen atoms in total. The Kier molecular flexibility index (Phi) is 6.32. The Balaban J connectivity index is 1.96. The highest BCUT2D eigenvalue weighted by molar-refractivity contribution is 5.62. The molecule has 0 aliphatic carbocycles. The van der Waals surface area contributed by atoms with Crippen molar-refractivity contribution in [3.05, 3.63) is 33.9 Å². The first kappa shape index (κ1) is 17.7. The molecule has 0 spiro atoms. The first-order chi connectivity index (χ1) is 11.1. The molecule has 1 heterocycles. The van der Waals surface area contributed by atoms with Crippen LogP contribution in [0, 0.1) is 10.1 Å². The summed E-state index contributed by atoms with van der Waals surface area (Å²) in [5, 5.41) is 23.4. The van der Waals surface area contributed by atoms with Gasteiger partial charge in [-0.3, -0.25) is 19.9 Å². The zero-order valence-corrected chi connectivity index (χ0v) is 13.9. The van der Waals surface area contributed by atoms with Crippen LogP contribution in [0.15, 0.2) is 18.2 Å². The van der Waals surface area contributed by atoms with Gasteiger partial charge in [0.05, 0.1) is 11.5 Å². The van der Waals surface area contributed by atoms with Crippen LogP contribution in [0.3, 0.4) is 0 Å². The molecule has 128 valence electrons. The zero-order chi connectivity index (χ0) is 16.8. The monoisotopic (exact) mass is 322 g/mol. The highest BCUT2D eigenvalue weighted by Gasteiger charge is 2.23. The van der Waals surface area contributed by atoms with Gasteiger partial charge in [-0.25, -0.2) is 0 Å². The third kappa shape index (κ3) is 4.40. The fourth-order valence-corrected chi connectivity index (χ4v) is 3.09. The van der Waals surface area contributed by atoms with E-state index in [0.29, 0.717) is 12.2 Å². The second-order valence-corrected chi connectivity index (χ2v) is 5.92. The van der Waals surface area contributed by atoms with Crippen molar-refractivity contribution in [2.45, 2.75) is 25.9 Å². The van der Waals surface area contributed by atoms with Crippen LogP contribution in [0.2, 0.25) is 0 Å². The molecular weight excluding hydrogens is 296 g/mol. The molecule has 0 radical (unpaired) electrons. The van der Waals surface area contributed by atoms with Crippen LogP contribution in [0.5, 0.6) is 0 Å². The number of nitrogens with zero attached hydrogens (tertiary/aromatic N) is 3. The number of nitrogens with one attached hydrogen (secondary N) is 1. The summed E-state index contributed by atoms with van der Waals surface area (Å²) in [5.74, 6) is 0. The number of hydrogen-bond donors (Lipinski definition) is 2. The van der Waals surface area contributed by atoms with E-state index in [1.807, 2.05) is 6.07 Å². The highest BCUT2D eigenvalue weighted by atomic mass is 16.6. The van der Waals surface area contributed by atoms with Crippen molar-refractivity contribution in [2.24, 2.45) is 0 Å². The molecule has 23 heavy (non-hydrogen) atoms. The predicted octanol–water partition coefficient (Wildman–Crippen LogP) is 1.52. The molecule has 0 saturated carbocycles. The van der Waals surface area contributed by atoms with E-state index in [-0.39, 0.29) is 23.3 Å². The second-order valence-electron chi connectivity index (χ2n) is 5.92. The lowest BCUT2D eigenvalue weighted by Crippen LogP contribution is -2.50. The molecule has 0 bridgehead atoms. The third-order valence-electron chi connectivity index (χ3n) is 4.54. The summed E-state index contributed by atoms with van der Waals surface area (Å²) in [7, 11) is 1.69. The van der Waals surface area contributed by atoms with Gasteiger partial charge in [-0.15, -0.1) is 0 Å². The standard InChI is InChI=1S/C16H26N4O3/c1-3-14(12-21)19-8-6-18(7-9-19)11-13-4-5-15(17-2)16(10-13)20(22)23/h4-5,10,14,17,21H,3,6-9,11-12H2,1-2H3. The summed E-state index contributed by atoms with van der Waals surface area (Å²) >= 11 is 0. The van der Waals surface area contributed by atoms with E-state index in [9.17, 15) is 15.2 Å². The fraction of sp³-hybridized carbons (Fsp3) is 0.625. The number of nitro groups is 1. The average molecular weight is 322 g/mol. The molecule has 1 aliphatic heterocycles. The molecule has 1 aromatic rings. The van der Waals surface area contributed by atoms with Gasteiger partial charge in [-0.2, -0.15) is 0 Å². The van der Waals surface area contributed by atoms with Crippen LogP contribution in [0.4, 0.5) is 11.4 Å². The maximum absolute atomic E-state index is 11.1. The lowest BCUT2D eigenvalue weighted by Gasteiger charge is -2.38. The zero-order valence-electron chi connectivity index (χ0n) is 13.9. The second kappa shape index (κ2) is 8.24. The lowest BCUT2D eigenvalue weighted by molar-refractivity contribution is -0.384. The molecule has 1 aliphatic rings. The summed E-state index contributed by atoms with van der Waals surface area (Å²) in [4.78, 5) is 15.4. The van der Waals surface area contributed by atoms with Crippen molar-refractivity contribution in [1.82, 2.24) is 9.80 Å². The van der Waals surface area contributed by atoms with E-state index < -0.39 is 0 Å². The summed E-state index contributed by atoms with van der Waals surface area (Å²) in [6, 6.07) is 5.60. The van der Waals surface area contributed by atoms with Gasteiger partial charge in [-0.1, -0.05) is 13.0 Å². The van der Waals surface area contributed by atoms with Gasteiger partial charge in [0.2, 0.25) is 0 Å². The smallest absolute Gasteiger partial charge is 0.292 e. The molecule has 1 fully saturated rings. The number of benzene rings is 1. The van der Waals surface area contributed by atoms with Gasteiger partial charge in [0.15, 0.2) is 0 Å². The first-order valence-electron chi connectivity index (χ1n) is 8.11. The van der Waals surface area contributed by atoms with Crippen molar-refractivity contribution in [2.75, 3.05) is 45.2 Å². The van der Waals surface area contributed by atoms with Gasteiger partial charge < -0.3 is 10.4 Å². The lowest BCUT2D eigenvalue weighted by atomic mass is 10.1. The third-order valence-corrected chi connectivity index (χ3v) is 4.54. The Hall–Kier alpha value is -1.70. The van der Waals surface area contributed by atoms with Crippen LogP contribution in [-0.4, -0.2) is 65.7 Å². The van der Waals surface area contributed by atoms with Gasteiger partial charge >= 0.3 is 0 Å². The minimum Gasteiger partial charge on any atom is -0.395 e. The SMILES string of the molecule is CCC(CO)N1CCN(Cc2ccc(NC)c([N+](=O)[O-])c2)CC1. The summed E-state index contributed by atoms with van der Waals surface area (Å²) in [5.41, 5.74) is 1.62. The van der Waals surface area contributed by atoms with Crippen LogP contribution in [0.25, 0.3) is 0 Å². The molecule has 7 heteroatoms. The molecule has 0 aromatic heterocycles. The van der Waals surface area contributed by atoms with Crippen molar-refractivity contribution in [3.8, 4) is 0 Å². The maximum atomic E-state index is 11.1. The van der Waals surface area contributed by atoms with Crippen molar-refractivity contribution in [1.29, 1.82) is 0 Å². The normalized spacial score (nSPS) is 17.9. The van der Waals surface area contributed by atoms with Crippen LogP contribution in [0.1, 0.15) is 18.9 Å². The van der Waals surface area contributed by atoms with Crippen LogP contribution < -0.4 is 5.32 Å². The van der Waals surface area contributed by atoms with Gasteiger partial charge in [0.1, 0.15) is 5.69 Å². The maximum Gasteiger partial charge on any atom is 0.292 e. The van der Waals surface area contributed by atoms with E-state index in [1.165, 1.54) is 0 Å². The summed E-state index contributed by atoms with van der Waals surface area (Å²) in [6.45, 7) is 6.69. The molecule has 1 atom stereocenters. The van der Waals surface area contributed by atoms with Crippen molar-refractivity contribution < 1.29 is 10.0 Å². The van der Waals surface area contributed by atoms with Gasteiger partial charge in [-0.05, 0) is 18.1 Å². The average Bonchev–Trinajstić information content (AvgIpc) is 2.57. The Morgan fingerprint density at radius 3 is 2.57 bits per heavy atom. The van der Waals surface area contributed by atoms with E-state index >= 15 is 0 Å². The molecular formula is C16H26N4O3. The number of hydrogen-bond acceptors (Lipinski definition) is 6. The molecule has 1 unspecified atom stereocenters. The number of aliphatic hydroxyl groups excluding tert-OH is 1. The Bertz CT molecular complexity index is 526. The molecule has 1 saturated heterocycles. The van der Waals surface area contributed by atoms with E-state index in [4.69, 9.17) is 0 Å². The number of aliphatic hydroxyl groups is 1. The van der Waals surface area contributed by atoms with E-state index in [0.717, 1.165) is 38.2 Å². The highest BCUT2D eigenvalue weighted by Crippen LogP contribution is 2.25.